The molecule has 2 heterocycles. The number of fused-ring (bicyclic) bond motifs is 2. The minimum absolute atomic E-state index is 0.462. The lowest BCUT2D eigenvalue weighted by molar-refractivity contribution is -0.195. The largest absolute Gasteiger partial charge is 0.377 e. The summed E-state index contributed by atoms with van der Waals surface area (Å²) < 4.78 is 5.49. The van der Waals surface area contributed by atoms with Gasteiger partial charge in [-0.1, -0.05) is 19.3 Å². The van der Waals surface area contributed by atoms with Crippen LogP contribution in [-0.2, 0) is 4.74 Å². The quantitative estimate of drug-likeness (QED) is 0.585. The minimum Gasteiger partial charge on any atom is -0.377 e. The molecule has 2 nitrogen and oxygen atoms in total. The van der Waals surface area contributed by atoms with Crippen LogP contribution in [0.3, 0.4) is 0 Å². The Labute approximate surface area is 86.6 Å². The third-order valence-corrected chi connectivity index (χ3v) is 4.90. The molecule has 80 valence electrons. The zero-order valence-corrected chi connectivity index (χ0v) is 9.17. The Bertz CT molecular complexity index is 224. The first kappa shape index (κ1) is 9.17. The maximum atomic E-state index is 5.49. The van der Waals surface area contributed by atoms with Crippen LogP contribution in [0.5, 0.6) is 0 Å². The molecule has 3 aliphatic rings. The van der Waals surface area contributed by atoms with Gasteiger partial charge in [0.1, 0.15) is 0 Å². The fourth-order valence-corrected chi connectivity index (χ4v) is 3.87. The van der Waals surface area contributed by atoms with Crippen molar-refractivity contribution in [3.8, 4) is 0 Å². The molecule has 0 aromatic heterocycles. The van der Waals surface area contributed by atoms with E-state index in [9.17, 15) is 0 Å². The van der Waals surface area contributed by atoms with Crippen LogP contribution in [0, 0.1) is 11.8 Å². The molecule has 0 aromatic rings. The normalized spacial score (nSPS) is 41.8. The number of rotatable bonds is 0. The number of nitrogens with zero attached hydrogens (tertiary/aromatic N) is 1. The number of likely N-dealkylation sites (tertiary alicyclic amines) is 1. The second kappa shape index (κ2) is 3.21. The van der Waals surface area contributed by atoms with Crippen LogP contribution >= 0.6 is 0 Å². The molecule has 2 saturated heterocycles. The van der Waals surface area contributed by atoms with E-state index < -0.39 is 0 Å². The summed E-state index contributed by atoms with van der Waals surface area (Å²) in [4.78, 5) is 2.59. The van der Waals surface area contributed by atoms with E-state index in [1.807, 2.05) is 0 Å². The van der Waals surface area contributed by atoms with E-state index in [-0.39, 0.29) is 0 Å². The van der Waals surface area contributed by atoms with Crippen molar-refractivity contribution in [1.29, 1.82) is 0 Å². The highest BCUT2D eigenvalue weighted by Gasteiger charge is 2.53. The maximum Gasteiger partial charge on any atom is 0.0707 e. The third kappa shape index (κ3) is 1.10. The first-order chi connectivity index (χ1) is 6.83. The second-order valence-electron chi connectivity index (χ2n) is 5.46. The molecular formula is C12H21NO. The summed E-state index contributed by atoms with van der Waals surface area (Å²) in [6, 6.07) is 0. The van der Waals surface area contributed by atoms with Gasteiger partial charge in [-0.05, 0) is 38.3 Å². The van der Waals surface area contributed by atoms with Crippen LogP contribution in [0.2, 0.25) is 0 Å². The lowest BCUT2D eigenvalue weighted by atomic mass is 9.63. The average Bonchev–Trinajstić information content (AvgIpc) is 2.15. The summed E-state index contributed by atoms with van der Waals surface area (Å²) in [6.07, 6.45) is 7.31. The first-order valence-electron chi connectivity index (χ1n) is 6.12. The van der Waals surface area contributed by atoms with Crippen LogP contribution in [0.15, 0.2) is 0 Å². The van der Waals surface area contributed by atoms with E-state index in [1.165, 1.54) is 38.6 Å². The van der Waals surface area contributed by atoms with Gasteiger partial charge in [0, 0.05) is 0 Å². The van der Waals surface area contributed by atoms with E-state index in [0.29, 0.717) is 5.54 Å². The Hall–Kier alpha value is -0.0800. The average molecular weight is 195 g/mol. The van der Waals surface area contributed by atoms with Crippen LogP contribution in [0.4, 0.5) is 0 Å². The van der Waals surface area contributed by atoms with E-state index in [2.05, 4.69) is 11.9 Å². The van der Waals surface area contributed by atoms with Crippen LogP contribution in [-0.4, -0.2) is 37.2 Å². The predicted octanol–water partition coefficient (Wildman–Crippen LogP) is 1.90. The smallest absolute Gasteiger partial charge is 0.0707 e. The zero-order valence-electron chi connectivity index (χ0n) is 9.17. The van der Waals surface area contributed by atoms with Gasteiger partial charge in [0.2, 0.25) is 0 Å². The highest BCUT2D eigenvalue weighted by atomic mass is 16.5. The molecule has 2 heteroatoms. The predicted molar refractivity (Wildman–Crippen MR) is 56.2 cm³/mol. The zero-order chi connectivity index (χ0) is 9.60. The van der Waals surface area contributed by atoms with Crippen molar-refractivity contribution in [3.63, 3.8) is 0 Å². The van der Waals surface area contributed by atoms with Gasteiger partial charge in [-0.15, -0.1) is 0 Å². The maximum absolute atomic E-state index is 5.49. The molecule has 0 bridgehead atoms. The lowest BCUT2D eigenvalue weighted by Crippen LogP contribution is -2.69. The monoisotopic (exact) mass is 195 g/mol. The molecule has 0 radical (unpaired) electrons. The Morgan fingerprint density at radius 1 is 1.14 bits per heavy atom. The van der Waals surface area contributed by atoms with Gasteiger partial charge in [0.15, 0.2) is 0 Å². The molecule has 2 unspecified atom stereocenters. The van der Waals surface area contributed by atoms with E-state index in [4.69, 9.17) is 4.74 Å². The van der Waals surface area contributed by atoms with Crippen molar-refractivity contribution >= 4 is 0 Å². The number of likely N-dealkylation sites (N-methyl/N-ethyl adjacent to an activating group) is 1. The topological polar surface area (TPSA) is 12.5 Å². The second-order valence-corrected chi connectivity index (χ2v) is 5.46. The van der Waals surface area contributed by atoms with Crippen molar-refractivity contribution < 1.29 is 4.74 Å². The summed E-state index contributed by atoms with van der Waals surface area (Å²) in [6.45, 7) is 3.31. The van der Waals surface area contributed by atoms with Gasteiger partial charge in [0.05, 0.1) is 18.8 Å². The summed E-state index contributed by atoms with van der Waals surface area (Å²) in [5.41, 5.74) is 0.462. The lowest BCUT2D eigenvalue weighted by Gasteiger charge is -2.59. The molecule has 0 aromatic carbocycles. The van der Waals surface area contributed by atoms with Gasteiger partial charge in [-0.2, -0.15) is 0 Å². The van der Waals surface area contributed by atoms with Crippen molar-refractivity contribution in [2.45, 2.75) is 37.6 Å². The molecule has 3 rings (SSSR count). The number of hydrogen-bond acceptors (Lipinski definition) is 2. The van der Waals surface area contributed by atoms with Crippen molar-refractivity contribution in [2.24, 2.45) is 11.8 Å². The molecule has 1 saturated carbocycles. The summed E-state index contributed by atoms with van der Waals surface area (Å²) in [5.74, 6) is 1.97. The van der Waals surface area contributed by atoms with Gasteiger partial charge in [-0.3, -0.25) is 4.90 Å². The molecule has 1 spiro atoms. The van der Waals surface area contributed by atoms with Crippen LogP contribution < -0.4 is 0 Å². The number of piperidine rings is 1. The van der Waals surface area contributed by atoms with Crippen molar-refractivity contribution in [1.82, 2.24) is 4.90 Å². The van der Waals surface area contributed by atoms with E-state index in [1.54, 1.807) is 0 Å². The first-order valence-corrected chi connectivity index (χ1v) is 6.12. The van der Waals surface area contributed by atoms with Crippen LogP contribution in [0.25, 0.3) is 0 Å². The molecule has 0 amide bonds. The van der Waals surface area contributed by atoms with Gasteiger partial charge < -0.3 is 4.74 Å². The molecule has 3 fully saturated rings. The Morgan fingerprint density at radius 2 is 1.93 bits per heavy atom. The SMILES string of the molecule is CN1CCC2CCCCC2C12COC2. The van der Waals surface area contributed by atoms with Crippen molar-refractivity contribution in [2.75, 3.05) is 26.8 Å². The highest BCUT2D eigenvalue weighted by molar-refractivity contribution is 5.06. The molecule has 1 aliphatic carbocycles. The fourth-order valence-electron chi connectivity index (χ4n) is 3.87. The van der Waals surface area contributed by atoms with Gasteiger partial charge in [-0.25, -0.2) is 0 Å². The summed E-state index contributed by atoms with van der Waals surface area (Å²) in [7, 11) is 2.30. The summed E-state index contributed by atoms with van der Waals surface area (Å²) in [5, 5.41) is 0. The number of ether oxygens (including phenoxy) is 1. The van der Waals surface area contributed by atoms with E-state index >= 15 is 0 Å². The number of hydrogen-bond donors (Lipinski definition) is 0. The fraction of sp³-hybridized carbons (Fsp3) is 1.00. The highest BCUT2D eigenvalue weighted by Crippen LogP contribution is 2.48. The molecule has 0 N–H and O–H groups in total. The Kier molecular flexibility index (Phi) is 2.10. The molecular weight excluding hydrogens is 174 g/mol. The van der Waals surface area contributed by atoms with Gasteiger partial charge >= 0.3 is 0 Å². The van der Waals surface area contributed by atoms with E-state index in [0.717, 1.165) is 25.0 Å². The molecule has 14 heavy (non-hydrogen) atoms. The third-order valence-electron chi connectivity index (χ3n) is 4.90. The Morgan fingerprint density at radius 3 is 2.64 bits per heavy atom. The molecule has 2 atom stereocenters. The standard InChI is InChI=1S/C12H21NO/c1-13-7-6-10-4-2-3-5-11(10)12(13)8-14-9-12/h10-11H,2-9H2,1H3. The van der Waals surface area contributed by atoms with Crippen molar-refractivity contribution in [3.05, 3.63) is 0 Å². The van der Waals surface area contributed by atoms with Gasteiger partial charge in [0.25, 0.3) is 0 Å². The van der Waals surface area contributed by atoms with Crippen LogP contribution in [0.1, 0.15) is 32.1 Å². The molecule has 2 aliphatic heterocycles. The summed E-state index contributed by atoms with van der Waals surface area (Å²) >= 11 is 0. The Balaban J connectivity index is 1.84. The minimum atomic E-state index is 0.462.